The summed E-state index contributed by atoms with van der Waals surface area (Å²) >= 11 is 0. The Morgan fingerprint density at radius 2 is 2.00 bits per heavy atom. The second kappa shape index (κ2) is 3.56. The molecule has 3 heteroatoms. The molecular formula is C10H21N3. The fraction of sp³-hybridized carbons (Fsp3) is 0.900. The molecule has 1 unspecified atom stereocenters. The average Bonchev–Trinajstić information content (AvgIpc) is 2.30. The third-order valence-electron chi connectivity index (χ3n) is 2.32. The summed E-state index contributed by atoms with van der Waals surface area (Å²) in [6, 6.07) is 0. The van der Waals surface area contributed by atoms with Crippen LogP contribution in [-0.4, -0.2) is 36.0 Å². The van der Waals surface area contributed by atoms with Gasteiger partial charge in [-0.1, -0.05) is 20.8 Å². The Morgan fingerprint density at radius 3 is 2.46 bits per heavy atom. The molecule has 0 N–H and O–H groups in total. The lowest BCUT2D eigenvalue weighted by Crippen LogP contribution is -2.40. The van der Waals surface area contributed by atoms with Crippen molar-refractivity contribution >= 4 is 6.34 Å². The molecule has 0 radical (unpaired) electrons. The number of hydrogen-bond acceptors (Lipinski definition) is 3. The summed E-state index contributed by atoms with van der Waals surface area (Å²) in [6.07, 6.45) is 3.52. The summed E-state index contributed by atoms with van der Waals surface area (Å²) in [5, 5.41) is 6.48. The normalized spacial score (nSPS) is 23.0. The van der Waals surface area contributed by atoms with Gasteiger partial charge in [0.15, 0.2) is 0 Å². The predicted molar refractivity (Wildman–Crippen MR) is 56.5 cm³/mol. The van der Waals surface area contributed by atoms with Crippen LogP contribution in [0.15, 0.2) is 5.10 Å². The summed E-state index contributed by atoms with van der Waals surface area (Å²) in [4.78, 5) is 2.19. The summed E-state index contributed by atoms with van der Waals surface area (Å²) in [7, 11) is 2.09. The maximum Gasteiger partial charge on any atom is 0.119 e. The van der Waals surface area contributed by atoms with E-state index in [0.717, 1.165) is 13.0 Å². The molecule has 1 atom stereocenters. The smallest absolute Gasteiger partial charge is 0.119 e. The molecule has 0 fully saturated rings. The van der Waals surface area contributed by atoms with E-state index in [-0.39, 0.29) is 0 Å². The maximum atomic E-state index is 4.34. The minimum Gasteiger partial charge on any atom is -0.343 e. The van der Waals surface area contributed by atoms with Crippen LogP contribution in [-0.2, 0) is 0 Å². The Bertz CT molecular complexity index is 193. The van der Waals surface area contributed by atoms with E-state index in [1.54, 1.807) is 0 Å². The molecule has 3 nitrogen and oxygen atoms in total. The molecule has 1 aliphatic rings. The van der Waals surface area contributed by atoms with Gasteiger partial charge in [0.05, 0.1) is 0 Å². The molecule has 1 heterocycles. The van der Waals surface area contributed by atoms with E-state index < -0.39 is 0 Å². The van der Waals surface area contributed by atoms with Gasteiger partial charge in [-0.15, -0.1) is 0 Å². The first-order valence-corrected chi connectivity index (χ1v) is 4.97. The zero-order valence-corrected chi connectivity index (χ0v) is 9.41. The van der Waals surface area contributed by atoms with E-state index in [0.29, 0.717) is 11.6 Å². The van der Waals surface area contributed by atoms with Gasteiger partial charge >= 0.3 is 0 Å². The van der Waals surface area contributed by atoms with Gasteiger partial charge in [-0.05, 0) is 18.8 Å². The second-order valence-electron chi connectivity index (χ2n) is 4.90. The Labute approximate surface area is 81.4 Å². The molecule has 0 aromatic rings. The third kappa shape index (κ3) is 2.61. The molecule has 13 heavy (non-hydrogen) atoms. The van der Waals surface area contributed by atoms with Crippen LogP contribution in [0.5, 0.6) is 0 Å². The lowest BCUT2D eigenvalue weighted by atomic mass is 9.90. The maximum absolute atomic E-state index is 4.34. The molecule has 0 aromatic carbocycles. The van der Waals surface area contributed by atoms with Crippen LogP contribution < -0.4 is 0 Å². The van der Waals surface area contributed by atoms with Crippen LogP contribution in [0.2, 0.25) is 0 Å². The second-order valence-corrected chi connectivity index (χ2v) is 4.90. The Kier molecular flexibility index (Phi) is 2.84. The fourth-order valence-electron chi connectivity index (χ4n) is 1.60. The Hall–Kier alpha value is -0.730. The van der Waals surface area contributed by atoms with Crippen molar-refractivity contribution < 1.29 is 0 Å². The monoisotopic (exact) mass is 183 g/mol. The van der Waals surface area contributed by atoms with Crippen molar-refractivity contribution in [2.45, 2.75) is 40.3 Å². The SMILES string of the molecule is CCN1N=CN(C)C1CC(C)(C)C. The van der Waals surface area contributed by atoms with Crippen LogP contribution in [0.1, 0.15) is 34.1 Å². The van der Waals surface area contributed by atoms with Gasteiger partial charge in [0, 0.05) is 13.6 Å². The molecule has 0 aliphatic carbocycles. The topological polar surface area (TPSA) is 18.8 Å². The minimum atomic E-state index is 0.361. The molecular weight excluding hydrogens is 162 g/mol. The highest BCUT2D eigenvalue weighted by Gasteiger charge is 2.28. The highest BCUT2D eigenvalue weighted by Crippen LogP contribution is 2.26. The van der Waals surface area contributed by atoms with Crippen molar-refractivity contribution in [1.29, 1.82) is 0 Å². The quantitative estimate of drug-likeness (QED) is 0.651. The van der Waals surface area contributed by atoms with Crippen LogP contribution >= 0.6 is 0 Å². The number of hydrogen-bond donors (Lipinski definition) is 0. The average molecular weight is 183 g/mol. The molecule has 1 rings (SSSR count). The largest absolute Gasteiger partial charge is 0.343 e. The summed E-state index contributed by atoms with van der Waals surface area (Å²) < 4.78 is 0. The molecule has 76 valence electrons. The molecule has 0 spiro atoms. The van der Waals surface area contributed by atoms with E-state index in [1.165, 1.54) is 0 Å². The first kappa shape index (κ1) is 10.4. The van der Waals surface area contributed by atoms with Crippen molar-refractivity contribution in [2.75, 3.05) is 13.6 Å². The van der Waals surface area contributed by atoms with E-state index in [4.69, 9.17) is 0 Å². The number of nitrogens with zero attached hydrogens (tertiary/aromatic N) is 3. The minimum absolute atomic E-state index is 0.361. The lowest BCUT2D eigenvalue weighted by molar-refractivity contribution is 0.107. The summed E-state index contributed by atoms with van der Waals surface area (Å²) in [5.74, 6) is 0. The molecule has 1 aliphatic heterocycles. The third-order valence-corrected chi connectivity index (χ3v) is 2.32. The van der Waals surface area contributed by atoms with Gasteiger partial charge in [-0.3, -0.25) is 5.01 Å². The van der Waals surface area contributed by atoms with Crippen LogP contribution in [0, 0.1) is 5.41 Å². The van der Waals surface area contributed by atoms with E-state index in [9.17, 15) is 0 Å². The molecule has 0 amide bonds. The van der Waals surface area contributed by atoms with Crippen molar-refractivity contribution in [1.82, 2.24) is 9.91 Å². The van der Waals surface area contributed by atoms with Gasteiger partial charge in [0.25, 0.3) is 0 Å². The van der Waals surface area contributed by atoms with Crippen molar-refractivity contribution in [3.8, 4) is 0 Å². The van der Waals surface area contributed by atoms with Crippen molar-refractivity contribution in [2.24, 2.45) is 10.5 Å². The summed E-state index contributed by atoms with van der Waals surface area (Å²) in [5.41, 5.74) is 0.361. The van der Waals surface area contributed by atoms with E-state index >= 15 is 0 Å². The van der Waals surface area contributed by atoms with E-state index in [1.807, 2.05) is 6.34 Å². The molecule has 0 bridgehead atoms. The fourth-order valence-corrected chi connectivity index (χ4v) is 1.60. The van der Waals surface area contributed by atoms with Crippen molar-refractivity contribution in [3.63, 3.8) is 0 Å². The van der Waals surface area contributed by atoms with Crippen LogP contribution in [0.4, 0.5) is 0 Å². The van der Waals surface area contributed by atoms with Gasteiger partial charge in [-0.2, -0.15) is 5.10 Å². The Morgan fingerprint density at radius 1 is 1.38 bits per heavy atom. The molecule has 0 saturated carbocycles. The zero-order valence-electron chi connectivity index (χ0n) is 9.41. The van der Waals surface area contributed by atoms with Crippen LogP contribution in [0.25, 0.3) is 0 Å². The standard InChI is InChI=1S/C10H21N3/c1-6-13-9(7-10(2,3)4)12(5)8-11-13/h8-9H,6-7H2,1-5H3. The molecule has 0 saturated heterocycles. The highest BCUT2D eigenvalue weighted by molar-refractivity contribution is 5.56. The van der Waals surface area contributed by atoms with Crippen LogP contribution in [0.3, 0.4) is 0 Å². The number of rotatable bonds is 2. The number of hydrazone groups is 1. The molecule has 0 aromatic heterocycles. The zero-order chi connectivity index (χ0) is 10.1. The lowest BCUT2D eigenvalue weighted by Gasteiger charge is -2.32. The summed E-state index contributed by atoms with van der Waals surface area (Å²) in [6.45, 7) is 9.95. The predicted octanol–water partition coefficient (Wildman–Crippen LogP) is 1.96. The van der Waals surface area contributed by atoms with Gasteiger partial charge in [0.2, 0.25) is 0 Å². The first-order chi connectivity index (χ1) is 5.94. The Balaban J connectivity index is 2.58. The van der Waals surface area contributed by atoms with Gasteiger partial charge in [0.1, 0.15) is 12.5 Å². The van der Waals surface area contributed by atoms with Gasteiger partial charge < -0.3 is 4.90 Å². The first-order valence-electron chi connectivity index (χ1n) is 4.97. The highest BCUT2D eigenvalue weighted by atomic mass is 15.6. The van der Waals surface area contributed by atoms with E-state index in [2.05, 4.69) is 49.8 Å². The van der Waals surface area contributed by atoms with Gasteiger partial charge in [-0.25, -0.2) is 0 Å². The van der Waals surface area contributed by atoms with Crippen molar-refractivity contribution in [3.05, 3.63) is 0 Å².